The summed E-state index contributed by atoms with van der Waals surface area (Å²) in [6.07, 6.45) is 1.82. The smallest absolute Gasteiger partial charge is 0.266 e. The molecule has 0 spiro atoms. The molecule has 2 aromatic carbocycles. The molecule has 0 saturated carbocycles. The number of halogens is 1. The summed E-state index contributed by atoms with van der Waals surface area (Å²) in [7, 11) is 1.58. The number of rotatable bonds is 5. The fraction of sp³-hybridized carbons (Fsp3) is 0.273. The summed E-state index contributed by atoms with van der Waals surface area (Å²) >= 11 is 12.9. The van der Waals surface area contributed by atoms with Gasteiger partial charge in [0.15, 0.2) is 11.5 Å². The Hall–Kier alpha value is -2.02. The molecule has 0 atom stereocenters. The molecule has 0 radical (unpaired) electrons. The Morgan fingerprint density at radius 3 is 2.52 bits per heavy atom. The van der Waals surface area contributed by atoms with E-state index < -0.39 is 0 Å². The molecule has 0 N–H and O–H groups in total. The lowest BCUT2D eigenvalue weighted by Crippen LogP contribution is -2.44. The highest BCUT2D eigenvalue weighted by Gasteiger charge is 2.39. The molecule has 1 heterocycles. The highest BCUT2D eigenvalue weighted by molar-refractivity contribution is 8.26. The highest BCUT2D eigenvalue weighted by atomic mass is 35.5. The fourth-order valence-electron chi connectivity index (χ4n) is 2.86. The van der Waals surface area contributed by atoms with Crippen molar-refractivity contribution < 1.29 is 14.3 Å². The van der Waals surface area contributed by atoms with Crippen molar-refractivity contribution in [3.8, 4) is 11.5 Å². The zero-order valence-corrected chi connectivity index (χ0v) is 19.1. The molecule has 1 aliphatic rings. The van der Waals surface area contributed by atoms with Gasteiger partial charge in [-0.25, -0.2) is 0 Å². The van der Waals surface area contributed by atoms with Crippen LogP contribution in [-0.2, 0) is 11.4 Å². The SMILES string of the molecule is COc1cc(/C=C2\SC(=S)N(C(C)(C)C)C2=O)ccc1OCc1ccccc1Cl. The van der Waals surface area contributed by atoms with E-state index >= 15 is 0 Å². The molecule has 1 saturated heterocycles. The molecule has 4 nitrogen and oxygen atoms in total. The Kier molecular flexibility index (Phi) is 6.56. The van der Waals surface area contributed by atoms with Crippen molar-refractivity contribution in [2.24, 2.45) is 0 Å². The Labute approximate surface area is 185 Å². The molecule has 29 heavy (non-hydrogen) atoms. The number of methoxy groups -OCH3 is 1. The number of nitrogens with zero attached hydrogens (tertiary/aromatic N) is 1. The molecule has 1 fully saturated rings. The highest BCUT2D eigenvalue weighted by Crippen LogP contribution is 2.38. The number of thiocarbonyl (C=S) groups is 1. The molecular weight excluding hydrogens is 426 g/mol. The van der Waals surface area contributed by atoms with Crippen LogP contribution in [0.1, 0.15) is 31.9 Å². The van der Waals surface area contributed by atoms with Crippen molar-refractivity contribution >= 4 is 51.9 Å². The third-order valence-electron chi connectivity index (χ3n) is 4.29. The monoisotopic (exact) mass is 447 g/mol. The first-order valence-electron chi connectivity index (χ1n) is 9.03. The Morgan fingerprint density at radius 2 is 1.90 bits per heavy atom. The minimum atomic E-state index is -0.356. The van der Waals surface area contributed by atoms with E-state index in [1.54, 1.807) is 12.0 Å². The maximum absolute atomic E-state index is 12.8. The van der Waals surface area contributed by atoms with Crippen molar-refractivity contribution in [3.05, 3.63) is 63.5 Å². The molecule has 3 rings (SSSR count). The summed E-state index contributed by atoms with van der Waals surface area (Å²) in [6, 6.07) is 13.1. The van der Waals surface area contributed by atoms with Gasteiger partial charge in [-0.2, -0.15) is 0 Å². The maximum atomic E-state index is 12.8. The Bertz CT molecular complexity index is 982. The van der Waals surface area contributed by atoms with Gasteiger partial charge in [-0.3, -0.25) is 9.69 Å². The van der Waals surface area contributed by atoms with Crippen LogP contribution in [-0.4, -0.2) is 27.8 Å². The van der Waals surface area contributed by atoms with Crippen LogP contribution in [0.15, 0.2) is 47.4 Å². The lowest BCUT2D eigenvalue weighted by atomic mass is 10.1. The summed E-state index contributed by atoms with van der Waals surface area (Å²) in [5, 5.41) is 0.656. The Balaban J connectivity index is 1.80. The summed E-state index contributed by atoms with van der Waals surface area (Å²) in [4.78, 5) is 15.0. The second kappa shape index (κ2) is 8.78. The van der Waals surface area contributed by atoms with Gasteiger partial charge in [0.05, 0.1) is 12.0 Å². The van der Waals surface area contributed by atoms with Gasteiger partial charge in [-0.1, -0.05) is 59.8 Å². The van der Waals surface area contributed by atoms with Gasteiger partial charge in [0.2, 0.25) is 0 Å². The summed E-state index contributed by atoms with van der Waals surface area (Å²) in [6.45, 7) is 6.23. The van der Waals surface area contributed by atoms with Gasteiger partial charge < -0.3 is 9.47 Å². The average molecular weight is 448 g/mol. The largest absolute Gasteiger partial charge is 0.493 e. The fourth-order valence-corrected chi connectivity index (χ4v) is 4.69. The zero-order valence-electron chi connectivity index (χ0n) is 16.7. The molecule has 7 heteroatoms. The van der Waals surface area contributed by atoms with Crippen LogP contribution in [0.4, 0.5) is 0 Å². The molecule has 1 amide bonds. The van der Waals surface area contributed by atoms with Crippen molar-refractivity contribution in [1.82, 2.24) is 4.90 Å². The van der Waals surface area contributed by atoms with Gasteiger partial charge in [0, 0.05) is 16.1 Å². The van der Waals surface area contributed by atoms with Crippen LogP contribution in [0.2, 0.25) is 5.02 Å². The minimum absolute atomic E-state index is 0.0782. The van der Waals surface area contributed by atoms with Crippen molar-refractivity contribution in [2.75, 3.05) is 7.11 Å². The molecule has 1 aliphatic heterocycles. The zero-order chi connectivity index (χ0) is 21.2. The topological polar surface area (TPSA) is 38.8 Å². The van der Waals surface area contributed by atoms with E-state index in [1.807, 2.05) is 69.3 Å². The Morgan fingerprint density at radius 1 is 1.17 bits per heavy atom. The summed E-state index contributed by atoms with van der Waals surface area (Å²) < 4.78 is 11.9. The predicted molar refractivity (Wildman–Crippen MR) is 124 cm³/mol. The maximum Gasteiger partial charge on any atom is 0.266 e. The molecule has 2 aromatic rings. The lowest BCUT2D eigenvalue weighted by Gasteiger charge is -2.30. The van der Waals surface area contributed by atoms with E-state index in [1.165, 1.54) is 11.8 Å². The number of thioether (sulfide) groups is 1. The van der Waals surface area contributed by atoms with E-state index in [0.717, 1.165) is 11.1 Å². The minimum Gasteiger partial charge on any atom is -0.493 e. The van der Waals surface area contributed by atoms with E-state index in [2.05, 4.69) is 0 Å². The molecule has 0 aromatic heterocycles. The normalized spacial score (nSPS) is 15.9. The third-order valence-corrected chi connectivity index (χ3v) is 5.96. The van der Waals surface area contributed by atoms with Crippen molar-refractivity contribution in [2.45, 2.75) is 32.9 Å². The number of ether oxygens (including phenoxy) is 2. The summed E-state index contributed by atoms with van der Waals surface area (Å²) in [5.74, 6) is 1.11. The van der Waals surface area contributed by atoms with Crippen molar-refractivity contribution in [3.63, 3.8) is 0 Å². The molecule has 0 unspecified atom stereocenters. The van der Waals surface area contributed by atoms with Gasteiger partial charge in [0.1, 0.15) is 10.9 Å². The standard InChI is InChI=1S/C22H22ClNO3S2/c1-22(2,3)24-20(25)19(29-21(24)28)12-14-9-10-17(18(11-14)26-4)27-13-15-7-5-6-8-16(15)23/h5-12H,13H2,1-4H3/b19-12-. The van der Waals surface area contributed by atoms with Gasteiger partial charge in [-0.15, -0.1) is 0 Å². The van der Waals surface area contributed by atoms with Gasteiger partial charge >= 0.3 is 0 Å². The first-order valence-corrected chi connectivity index (χ1v) is 10.6. The molecular formula is C22H22ClNO3S2. The van der Waals surface area contributed by atoms with Crippen LogP contribution >= 0.6 is 35.6 Å². The van der Waals surface area contributed by atoms with Crippen LogP contribution in [0.5, 0.6) is 11.5 Å². The molecule has 0 bridgehead atoms. The van der Waals surface area contributed by atoms with Crippen LogP contribution in [0, 0.1) is 0 Å². The van der Waals surface area contributed by atoms with E-state index in [4.69, 9.17) is 33.3 Å². The number of amides is 1. The second-order valence-corrected chi connectivity index (χ2v) is 9.56. The van der Waals surface area contributed by atoms with Crippen LogP contribution in [0.3, 0.4) is 0 Å². The molecule has 0 aliphatic carbocycles. The predicted octanol–water partition coefficient (Wildman–Crippen LogP) is 5.93. The number of benzene rings is 2. The average Bonchev–Trinajstić information content (AvgIpc) is 2.94. The first kappa shape index (κ1) is 21.7. The van der Waals surface area contributed by atoms with Gasteiger partial charge in [-0.05, 0) is 50.6 Å². The number of carbonyl (C=O) groups excluding carboxylic acids is 1. The first-order chi connectivity index (χ1) is 13.7. The lowest BCUT2D eigenvalue weighted by molar-refractivity contribution is -0.125. The number of carbonyl (C=O) groups is 1. The van der Waals surface area contributed by atoms with E-state index in [-0.39, 0.29) is 11.4 Å². The quantitative estimate of drug-likeness (QED) is 0.419. The summed E-state index contributed by atoms with van der Waals surface area (Å²) in [5.41, 5.74) is 1.37. The van der Waals surface area contributed by atoms with Gasteiger partial charge in [0.25, 0.3) is 5.91 Å². The van der Waals surface area contributed by atoms with Crippen molar-refractivity contribution in [1.29, 1.82) is 0 Å². The van der Waals surface area contributed by atoms with E-state index in [0.29, 0.717) is 32.4 Å². The van der Waals surface area contributed by atoms with Crippen LogP contribution in [0.25, 0.3) is 6.08 Å². The van der Waals surface area contributed by atoms with E-state index in [9.17, 15) is 4.79 Å². The second-order valence-electron chi connectivity index (χ2n) is 7.48. The number of hydrogen-bond acceptors (Lipinski definition) is 5. The van der Waals surface area contributed by atoms with Crippen LogP contribution < -0.4 is 9.47 Å². The molecule has 152 valence electrons. The third kappa shape index (κ3) is 4.94. The number of hydrogen-bond donors (Lipinski definition) is 0.